The Morgan fingerprint density at radius 1 is 1.02 bits per heavy atom. The SMILES string of the molecule is CCCNC(=O)C[C@@H]1CCN2C[C@@H]1CCOc1cc(C(F)(F)F)cc(n1)-c1cccc(c1)C(=O)N1C[C@H](OCc3cn(CCN4CCCCC4)nn3)C[C@H]1C2=O. The highest BCUT2D eigenvalue weighted by atomic mass is 19.4. The van der Waals surface area contributed by atoms with E-state index in [1.54, 1.807) is 23.1 Å². The minimum absolute atomic E-state index is 0.00474. The van der Waals surface area contributed by atoms with Gasteiger partial charge in [-0.15, -0.1) is 5.10 Å². The lowest BCUT2D eigenvalue weighted by Gasteiger charge is -2.40. The van der Waals surface area contributed by atoms with Crippen LogP contribution in [0.25, 0.3) is 11.3 Å². The largest absolute Gasteiger partial charge is 0.478 e. The molecule has 1 N–H and O–H groups in total. The van der Waals surface area contributed by atoms with Crippen molar-refractivity contribution in [1.29, 1.82) is 0 Å². The first-order valence-electron chi connectivity index (χ1n) is 20.0. The van der Waals surface area contributed by atoms with E-state index in [9.17, 15) is 27.6 Å². The number of rotatable bonds is 10. The van der Waals surface area contributed by atoms with Crippen molar-refractivity contribution in [3.8, 4) is 17.1 Å². The number of amides is 3. The van der Waals surface area contributed by atoms with Gasteiger partial charge in [0.1, 0.15) is 11.7 Å². The number of fused-ring (bicyclic) bond motifs is 8. The van der Waals surface area contributed by atoms with Gasteiger partial charge in [-0.3, -0.25) is 19.1 Å². The summed E-state index contributed by atoms with van der Waals surface area (Å²) in [6.45, 7) is 7.40. The maximum Gasteiger partial charge on any atom is 0.416 e. The van der Waals surface area contributed by atoms with Gasteiger partial charge < -0.3 is 29.5 Å². The number of carbonyl (C=O) groups is 3. The summed E-state index contributed by atoms with van der Waals surface area (Å²) in [5.74, 6) is -1.16. The zero-order valence-electron chi connectivity index (χ0n) is 31.9. The van der Waals surface area contributed by atoms with Gasteiger partial charge in [-0.25, -0.2) is 4.98 Å². The smallest absolute Gasteiger partial charge is 0.416 e. The summed E-state index contributed by atoms with van der Waals surface area (Å²) < 4.78 is 56.3. The molecule has 2 aromatic heterocycles. The van der Waals surface area contributed by atoms with Crippen molar-refractivity contribution < 1.29 is 37.0 Å². The summed E-state index contributed by atoms with van der Waals surface area (Å²) in [7, 11) is 0. The summed E-state index contributed by atoms with van der Waals surface area (Å²) >= 11 is 0. The Hall–Kier alpha value is -4.57. The van der Waals surface area contributed by atoms with E-state index >= 15 is 0 Å². The van der Waals surface area contributed by atoms with E-state index in [1.807, 2.05) is 17.8 Å². The lowest BCUT2D eigenvalue weighted by atomic mass is 9.81. The highest BCUT2D eigenvalue weighted by Gasteiger charge is 2.44. The molecule has 3 saturated heterocycles. The minimum Gasteiger partial charge on any atom is -0.478 e. The van der Waals surface area contributed by atoms with Gasteiger partial charge in [0.2, 0.25) is 17.7 Å². The summed E-state index contributed by atoms with van der Waals surface area (Å²) in [5.41, 5.74) is 0.247. The van der Waals surface area contributed by atoms with E-state index in [2.05, 4.69) is 25.5 Å². The molecule has 4 aliphatic heterocycles. The van der Waals surface area contributed by atoms with Crippen LogP contribution in [0.3, 0.4) is 0 Å². The summed E-state index contributed by atoms with van der Waals surface area (Å²) in [6.07, 6.45) is 2.69. The molecule has 4 aliphatic rings. The molecule has 3 amide bonds. The molecule has 13 nitrogen and oxygen atoms in total. The number of hydrogen-bond donors (Lipinski definition) is 1. The molecule has 0 unspecified atom stereocenters. The molecule has 0 saturated carbocycles. The molecule has 1 aromatic carbocycles. The Balaban J connectivity index is 1.14. The Morgan fingerprint density at radius 3 is 2.64 bits per heavy atom. The first-order chi connectivity index (χ1) is 27.0. The second-order valence-corrected chi connectivity index (χ2v) is 15.5. The van der Waals surface area contributed by atoms with Crippen molar-refractivity contribution in [1.82, 2.24) is 40.0 Å². The molecule has 0 radical (unpaired) electrons. The fourth-order valence-electron chi connectivity index (χ4n) is 8.37. The standard InChI is InChI=1S/C40H51F3N8O5/c1-2-11-44-36(52)19-27-9-14-49-23-30(27)10-17-55-37-21-31(40(41,42)43)20-34(45-37)28-7-6-8-29(18-28)38(53)51-25-33(22-35(51)39(49)54)56-26-32-24-50(47-46-32)16-15-48-12-4-3-5-13-48/h6-8,18,20-21,24,27,30,33,35H,2-5,9-17,19,22-23,25-26H2,1H3,(H,44,52)/t27-,30-,33+,35-/m0/s1. The van der Waals surface area contributed by atoms with Crippen LogP contribution in [0, 0.1) is 11.8 Å². The molecule has 6 bridgehead atoms. The molecule has 6 heterocycles. The molecule has 16 heteroatoms. The van der Waals surface area contributed by atoms with Crippen molar-refractivity contribution in [2.75, 3.05) is 52.4 Å². The van der Waals surface area contributed by atoms with Crippen molar-refractivity contribution in [3.63, 3.8) is 0 Å². The Bertz CT molecular complexity index is 1850. The van der Waals surface area contributed by atoms with Gasteiger partial charge in [0.15, 0.2) is 0 Å². The first-order valence-corrected chi connectivity index (χ1v) is 20.0. The highest BCUT2D eigenvalue weighted by Crippen LogP contribution is 2.36. The van der Waals surface area contributed by atoms with Crippen LogP contribution in [-0.2, 0) is 33.7 Å². The third-order valence-electron chi connectivity index (χ3n) is 11.5. The zero-order valence-corrected chi connectivity index (χ0v) is 31.9. The fraction of sp³-hybridized carbons (Fsp3) is 0.600. The Morgan fingerprint density at radius 2 is 1.84 bits per heavy atom. The van der Waals surface area contributed by atoms with Gasteiger partial charge in [0.05, 0.1) is 43.3 Å². The molecule has 4 atom stereocenters. The minimum atomic E-state index is -4.66. The van der Waals surface area contributed by atoms with Crippen LogP contribution in [0.15, 0.2) is 42.6 Å². The molecule has 302 valence electrons. The number of likely N-dealkylation sites (tertiary alicyclic amines) is 1. The van der Waals surface area contributed by atoms with Crippen molar-refractivity contribution in [3.05, 3.63) is 59.4 Å². The Kier molecular flexibility index (Phi) is 12.5. The van der Waals surface area contributed by atoms with Gasteiger partial charge >= 0.3 is 6.18 Å². The van der Waals surface area contributed by atoms with Crippen LogP contribution in [0.5, 0.6) is 5.88 Å². The number of hydrogen-bond acceptors (Lipinski definition) is 9. The molecule has 0 spiro atoms. The number of nitrogens with one attached hydrogen (secondary N) is 1. The number of alkyl halides is 3. The van der Waals surface area contributed by atoms with E-state index in [1.165, 1.54) is 30.2 Å². The van der Waals surface area contributed by atoms with Crippen LogP contribution in [0.4, 0.5) is 13.2 Å². The average Bonchev–Trinajstić information content (AvgIpc) is 3.85. The van der Waals surface area contributed by atoms with Crippen molar-refractivity contribution >= 4 is 17.7 Å². The number of aromatic nitrogens is 4. The molecule has 3 aromatic rings. The maximum atomic E-state index is 14.5. The van der Waals surface area contributed by atoms with Crippen LogP contribution < -0.4 is 10.1 Å². The van der Waals surface area contributed by atoms with Gasteiger partial charge in [-0.05, 0) is 75.2 Å². The topological polar surface area (TPSA) is 135 Å². The van der Waals surface area contributed by atoms with Gasteiger partial charge in [-0.2, -0.15) is 13.2 Å². The van der Waals surface area contributed by atoms with Gasteiger partial charge in [0, 0.05) is 62.8 Å². The number of halogens is 3. The van der Waals surface area contributed by atoms with Crippen LogP contribution in [-0.4, -0.2) is 117 Å². The number of nitrogens with zero attached hydrogens (tertiary/aromatic N) is 7. The quantitative estimate of drug-likeness (QED) is 0.308. The molecule has 0 aliphatic carbocycles. The fourth-order valence-corrected chi connectivity index (χ4v) is 8.37. The summed E-state index contributed by atoms with van der Waals surface area (Å²) in [6, 6.07) is 7.26. The van der Waals surface area contributed by atoms with Gasteiger partial charge in [0.25, 0.3) is 5.91 Å². The van der Waals surface area contributed by atoms with E-state index in [0.29, 0.717) is 43.7 Å². The van der Waals surface area contributed by atoms with E-state index in [-0.39, 0.29) is 73.4 Å². The third-order valence-corrected chi connectivity index (χ3v) is 11.5. The van der Waals surface area contributed by atoms with Gasteiger partial charge in [-0.1, -0.05) is 30.7 Å². The van der Waals surface area contributed by atoms with E-state index in [4.69, 9.17) is 9.47 Å². The third kappa shape index (κ3) is 9.68. The maximum absolute atomic E-state index is 14.5. The van der Waals surface area contributed by atoms with Crippen LogP contribution >= 0.6 is 0 Å². The molecule has 7 rings (SSSR count). The molecular weight excluding hydrogens is 729 g/mol. The average molecular weight is 781 g/mol. The second-order valence-electron chi connectivity index (χ2n) is 15.5. The normalized spacial score (nSPS) is 23.5. The summed E-state index contributed by atoms with van der Waals surface area (Å²) in [5, 5.41) is 11.5. The molecule has 3 fully saturated rings. The van der Waals surface area contributed by atoms with Crippen molar-refractivity contribution in [2.45, 2.75) is 89.8 Å². The lowest BCUT2D eigenvalue weighted by Crippen LogP contribution is -2.52. The zero-order chi connectivity index (χ0) is 39.2. The van der Waals surface area contributed by atoms with Crippen LogP contribution in [0.2, 0.25) is 0 Å². The number of carbonyl (C=O) groups excluding carboxylic acids is 3. The summed E-state index contributed by atoms with van der Waals surface area (Å²) in [4.78, 5) is 51.8. The number of piperidine rings is 2. The second kappa shape index (κ2) is 17.7. The predicted molar refractivity (Wildman–Crippen MR) is 199 cm³/mol. The number of benzene rings is 1. The molecule has 56 heavy (non-hydrogen) atoms. The predicted octanol–water partition coefficient (Wildman–Crippen LogP) is 4.81. The number of ether oxygens (including phenoxy) is 2. The van der Waals surface area contributed by atoms with E-state index < -0.39 is 29.8 Å². The van der Waals surface area contributed by atoms with Crippen molar-refractivity contribution in [2.24, 2.45) is 11.8 Å². The Labute approximate surface area is 324 Å². The van der Waals surface area contributed by atoms with Crippen LogP contribution in [0.1, 0.15) is 79.9 Å². The highest BCUT2D eigenvalue weighted by molar-refractivity contribution is 5.99. The lowest BCUT2D eigenvalue weighted by molar-refractivity contribution is -0.139. The number of pyridine rings is 1. The monoisotopic (exact) mass is 780 g/mol. The molecular formula is C40H51F3N8O5. The first kappa shape index (κ1) is 39.7. The van der Waals surface area contributed by atoms with E-state index in [0.717, 1.165) is 44.7 Å².